The summed E-state index contributed by atoms with van der Waals surface area (Å²) in [4.78, 5) is 0. The largest absolute Gasteiger partial charge is 0.147 e. The van der Waals surface area contributed by atoms with Crippen LogP contribution in [0, 0.1) is 5.41 Å². The first kappa shape index (κ1) is 20.0. The minimum absolute atomic E-state index is 0. The quantitative estimate of drug-likeness (QED) is 0.509. The minimum Gasteiger partial charge on any atom is -0.147 e. The van der Waals surface area contributed by atoms with Gasteiger partial charge in [0.25, 0.3) is 0 Å². The molecule has 0 amide bonds. The van der Waals surface area contributed by atoms with Gasteiger partial charge in [-0.2, -0.15) is 0 Å². The summed E-state index contributed by atoms with van der Waals surface area (Å²) in [5, 5.41) is 0. The van der Waals surface area contributed by atoms with E-state index >= 15 is 0 Å². The number of para-hydroxylation sites is 1. The Labute approximate surface area is 149 Å². The molecule has 0 heterocycles. The molecule has 1 aliphatic carbocycles. The van der Waals surface area contributed by atoms with Crippen LogP contribution in [-0.2, 0) is 24.8 Å². The summed E-state index contributed by atoms with van der Waals surface area (Å²) in [5.41, 5.74) is 7.08. The third-order valence-corrected chi connectivity index (χ3v) is 5.12. The van der Waals surface area contributed by atoms with Crippen molar-refractivity contribution < 1.29 is 27.7 Å². The predicted molar refractivity (Wildman–Crippen MR) is 86.3 cm³/mol. The molecule has 1 aromatic carbocycles. The van der Waals surface area contributed by atoms with Crippen LogP contribution in [-0.4, -0.2) is 0 Å². The fourth-order valence-corrected chi connectivity index (χ4v) is 3.53. The van der Waals surface area contributed by atoms with E-state index in [2.05, 4.69) is 52.8 Å². The molecule has 1 aromatic rings. The smallest absolute Gasteiger partial charge is 0.147 e. The van der Waals surface area contributed by atoms with Crippen LogP contribution in [0.15, 0.2) is 41.0 Å². The molecule has 0 aliphatic heterocycles. The van der Waals surface area contributed by atoms with E-state index in [1.54, 1.807) is 0 Å². The van der Waals surface area contributed by atoms with Gasteiger partial charge >= 0.3 is 126 Å². The number of hydrogen-bond donors (Lipinski definition) is 0. The zero-order valence-electron chi connectivity index (χ0n) is 12.5. The molecule has 0 fully saturated rings. The summed E-state index contributed by atoms with van der Waals surface area (Å²) < 4.78 is 5.66. The normalized spacial score (nSPS) is 16.6. The molecular formula is C16H21Cl2HfO. The molecule has 0 radical (unpaired) electrons. The van der Waals surface area contributed by atoms with Gasteiger partial charge in [-0.15, -0.1) is 24.8 Å². The van der Waals surface area contributed by atoms with Crippen molar-refractivity contribution in [1.82, 2.24) is 0 Å². The fraction of sp³-hybridized carbons (Fsp3) is 0.375. The van der Waals surface area contributed by atoms with E-state index in [0.29, 0.717) is 0 Å². The maximum Gasteiger partial charge on any atom is -0.147 e. The van der Waals surface area contributed by atoms with Crippen molar-refractivity contribution in [2.24, 2.45) is 5.41 Å². The third kappa shape index (κ3) is 3.08. The molecule has 1 aliphatic rings. The summed E-state index contributed by atoms with van der Waals surface area (Å²) in [7, 11) is 0. The van der Waals surface area contributed by atoms with Crippen molar-refractivity contribution in [3.63, 3.8) is 0 Å². The van der Waals surface area contributed by atoms with Crippen molar-refractivity contribution in [2.75, 3.05) is 0 Å². The van der Waals surface area contributed by atoms with Crippen molar-refractivity contribution >= 4 is 30.4 Å². The minimum atomic E-state index is 0. The van der Waals surface area contributed by atoms with Crippen LogP contribution < -0.4 is 2.85 Å². The van der Waals surface area contributed by atoms with E-state index in [0.717, 1.165) is 30.6 Å². The maximum absolute atomic E-state index is 5.66. The van der Waals surface area contributed by atoms with Crippen LogP contribution in [0.5, 0.6) is 5.75 Å². The number of benzene rings is 1. The summed E-state index contributed by atoms with van der Waals surface area (Å²) in [6.45, 7) is 11.3. The van der Waals surface area contributed by atoms with Crippen LogP contribution in [0.2, 0.25) is 0 Å². The molecule has 109 valence electrons. The van der Waals surface area contributed by atoms with E-state index in [-0.39, 0.29) is 30.2 Å². The molecule has 0 unspecified atom stereocenters. The zero-order valence-corrected chi connectivity index (χ0v) is 17.8. The van der Waals surface area contributed by atoms with Gasteiger partial charge in [0, 0.05) is 0 Å². The third-order valence-electron chi connectivity index (χ3n) is 4.33. The van der Waals surface area contributed by atoms with Crippen molar-refractivity contribution in [2.45, 2.75) is 34.6 Å². The summed E-state index contributed by atoms with van der Waals surface area (Å²) in [5.74, 6) is 1.02. The zero-order chi connectivity index (χ0) is 13.5. The molecule has 0 saturated heterocycles. The Kier molecular flexibility index (Phi) is 7.27. The Morgan fingerprint density at radius 1 is 0.950 bits per heavy atom. The molecule has 0 atom stereocenters. The molecule has 0 N–H and O–H groups in total. The summed E-state index contributed by atoms with van der Waals surface area (Å²) >= 11 is 0.727. The number of hydrogen-bond acceptors (Lipinski definition) is 1. The van der Waals surface area contributed by atoms with Gasteiger partial charge in [0.15, 0.2) is 0 Å². The second-order valence-corrected chi connectivity index (χ2v) is 6.21. The average molecular weight is 479 g/mol. The van der Waals surface area contributed by atoms with E-state index < -0.39 is 0 Å². The van der Waals surface area contributed by atoms with Crippen molar-refractivity contribution in [1.29, 1.82) is 0 Å². The van der Waals surface area contributed by atoms with Gasteiger partial charge < -0.3 is 0 Å². The van der Waals surface area contributed by atoms with Crippen LogP contribution in [0.4, 0.5) is 0 Å². The fourth-order valence-electron chi connectivity index (χ4n) is 2.89. The van der Waals surface area contributed by atoms with E-state index in [9.17, 15) is 0 Å². The van der Waals surface area contributed by atoms with Crippen molar-refractivity contribution in [3.05, 3.63) is 46.5 Å². The van der Waals surface area contributed by atoms with Gasteiger partial charge in [0.2, 0.25) is 0 Å². The molecule has 0 spiro atoms. The average Bonchev–Trinajstić information content (AvgIpc) is 2.50. The van der Waals surface area contributed by atoms with Crippen LogP contribution in [0.3, 0.4) is 0 Å². The van der Waals surface area contributed by atoms with Gasteiger partial charge in [0.05, 0.1) is 0 Å². The molecule has 1 nitrogen and oxygen atoms in total. The summed E-state index contributed by atoms with van der Waals surface area (Å²) in [6, 6.07) is 8.39. The number of rotatable bonds is 2. The molecule has 0 aromatic heterocycles. The Morgan fingerprint density at radius 3 is 1.95 bits per heavy atom. The molecule has 4 heteroatoms. The van der Waals surface area contributed by atoms with Crippen molar-refractivity contribution in [3.8, 4) is 5.75 Å². The SMILES string of the molecule is CC1=C(C)C(C)(C)C(c2ccccc2[O][Hf])=C1C.Cl.Cl. The number of allylic oxidation sites excluding steroid dienone is 4. The Hall–Kier alpha value is -0.0499. The molecule has 2 rings (SSSR count). The van der Waals surface area contributed by atoms with E-state index in [1.165, 1.54) is 27.9 Å². The van der Waals surface area contributed by atoms with Gasteiger partial charge in [-0.1, -0.05) is 0 Å². The second-order valence-electron chi connectivity index (χ2n) is 5.47. The van der Waals surface area contributed by atoms with Gasteiger partial charge in [-0.05, 0) is 0 Å². The number of halogens is 2. The van der Waals surface area contributed by atoms with Gasteiger partial charge in [0.1, 0.15) is 0 Å². The van der Waals surface area contributed by atoms with E-state index in [1.807, 2.05) is 6.07 Å². The van der Waals surface area contributed by atoms with Crippen LogP contribution in [0.25, 0.3) is 5.57 Å². The Balaban J connectivity index is 0.00000180. The van der Waals surface area contributed by atoms with Gasteiger partial charge in [-0.3, -0.25) is 0 Å². The first-order chi connectivity index (χ1) is 8.41. The summed E-state index contributed by atoms with van der Waals surface area (Å²) in [6.07, 6.45) is 0. The molecule has 20 heavy (non-hydrogen) atoms. The predicted octanol–water partition coefficient (Wildman–Crippen LogP) is 5.52. The van der Waals surface area contributed by atoms with Crippen LogP contribution in [0.1, 0.15) is 40.2 Å². The first-order valence-corrected chi connectivity index (χ1v) is 7.70. The first-order valence-electron chi connectivity index (χ1n) is 6.24. The standard InChI is InChI=1S/C16H20O.2ClH.Hf/c1-10-11(2)15(16(4,5)12(10)3)13-8-6-7-9-14(13)17;;;/h6-9,17H,1-5H3;2*1H;/q;;;+1/p-1. The van der Waals surface area contributed by atoms with Crippen LogP contribution >= 0.6 is 24.8 Å². The Bertz CT molecular complexity index is 559. The second kappa shape index (κ2) is 7.29. The molecule has 0 saturated carbocycles. The monoisotopic (exact) mass is 479 g/mol. The van der Waals surface area contributed by atoms with E-state index in [4.69, 9.17) is 2.85 Å². The topological polar surface area (TPSA) is 9.23 Å². The maximum atomic E-state index is 5.66. The molecular weight excluding hydrogens is 458 g/mol. The Morgan fingerprint density at radius 2 is 1.50 bits per heavy atom. The van der Waals surface area contributed by atoms with Gasteiger partial charge in [-0.25, -0.2) is 0 Å². The molecule has 0 bridgehead atoms.